The van der Waals surface area contributed by atoms with Crippen LogP contribution in [0.25, 0.3) is 0 Å². The first-order valence-corrected chi connectivity index (χ1v) is 6.95. The summed E-state index contributed by atoms with van der Waals surface area (Å²) >= 11 is 11.9. The van der Waals surface area contributed by atoms with E-state index >= 15 is 0 Å². The largest absolute Gasteiger partial charge is 0.389 e. The third kappa shape index (κ3) is 3.58. The molecule has 1 saturated carbocycles. The highest BCUT2D eigenvalue weighted by atomic mass is 35.5. The molecule has 0 radical (unpaired) electrons. The minimum Gasteiger partial charge on any atom is -0.389 e. The van der Waals surface area contributed by atoms with Gasteiger partial charge in [-0.25, -0.2) is 0 Å². The van der Waals surface area contributed by atoms with Crippen molar-refractivity contribution < 1.29 is 5.11 Å². The molecule has 2 rings (SSSR count). The Bertz CT molecular complexity index is 419. The van der Waals surface area contributed by atoms with E-state index in [-0.39, 0.29) is 0 Å². The van der Waals surface area contributed by atoms with Gasteiger partial charge in [-0.15, -0.1) is 0 Å². The van der Waals surface area contributed by atoms with E-state index in [1.807, 2.05) is 7.05 Å². The predicted octanol–water partition coefficient (Wildman–Crippen LogP) is 3.13. The van der Waals surface area contributed by atoms with Crippen molar-refractivity contribution in [1.82, 2.24) is 9.88 Å². The lowest BCUT2D eigenvalue weighted by Gasteiger charge is -2.28. The minimum atomic E-state index is -0.534. The maximum atomic E-state index is 10.3. The molecule has 0 atom stereocenters. The average Bonchev–Trinajstić information content (AvgIpc) is 2.69. The van der Waals surface area contributed by atoms with Crippen molar-refractivity contribution in [2.45, 2.75) is 37.8 Å². The van der Waals surface area contributed by atoms with Gasteiger partial charge in [0.25, 0.3) is 0 Å². The summed E-state index contributed by atoms with van der Waals surface area (Å²) in [7, 11) is 1.98. The van der Waals surface area contributed by atoms with Gasteiger partial charge in [-0.05, 0) is 26.0 Å². The number of halogens is 2. The fourth-order valence-electron chi connectivity index (χ4n) is 2.56. The van der Waals surface area contributed by atoms with E-state index in [0.717, 1.165) is 31.4 Å². The lowest BCUT2D eigenvalue weighted by atomic mass is 10.0. The lowest BCUT2D eigenvalue weighted by Crippen LogP contribution is -2.38. The number of rotatable bonds is 4. The molecule has 0 unspecified atom stereocenters. The van der Waals surface area contributed by atoms with Gasteiger partial charge < -0.3 is 5.11 Å². The Morgan fingerprint density at radius 3 is 2.67 bits per heavy atom. The zero-order valence-electron chi connectivity index (χ0n) is 10.5. The summed E-state index contributed by atoms with van der Waals surface area (Å²) in [4.78, 5) is 6.29. The van der Waals surface area contributed by atoms with Gasteiger partial charge in [0.2, 0.25) is 0 Å². The van der Waals surface area contributed by atoms with Crippen molar-refractivity contribution in [3.05, 3.63) is 28.0 Å². The van der Waals surface area contributed by atoms with E-state index in [0.29, 0.717) is 23.1 Å². The first-order valence-electron chi connectivity index (χ1n) is 6.19. The number of pyridine rings is 1. The zero-order chi connectivity index (χ0) is 13.2. The van der Waals surface area contributed by atoms with Crippen LogP contribution >= 0.6 is 23.2 Å². The smallest absolute Gasteiger partial charge is 0.0774 e. The van der Waals surface area contributed by atoms with Gasteiger partial charge in [-0.1, -0.05) is 36.0 Å². The summed E-state index contributed by atoms with van der Waals surface area (Å²) in [6.45, 7) is 1.28. The number of aliphatic hydroxyl groups is 1. The summed E-state index contributed by atoms with van der Waals surface area (Å²) in [6, 6.07) is 1.70. The fraction of sp³-hybridized carbons (Fsp3) is 0.615. The van der Waals surface area contributed by atoms with E-state index in [1.54, 1.807) is 12.3 Å². The van der Waals surface area contributed by atoms with Crippen LogP contribution in [0.15, 0.2) is 12.3 Å². The molecule has 0 spiro atoms. The Morgan fingerprint density at radius 2 is 2.06 bits per heavy atom. The molecule has 1 aromatic rings. The van der Waals surface area contributed by atoms with Crippen molar-refractivity contribution in [2.24, 2.45) is 0 Å². The van der Waals surface area contributed by atoms with Crippen molar-refractivity contribution >= 4 is 23.2 Å². The molecular formula is C13H18Cl2N2O. The number of hydrogen-bond donors (Lipinski definition) is 1. The van der Waals surface area contributed by atoms with Crippen molar-refractivity contribution in [1.29, 1.82) is 0 Å². The Morgan fingerprint density at radius 1 is 1.39 bits per heavy atom. The summed E-state index contributed by atoms with van der Waals surface area (Å²) < 4.78 is 0. The molecule has 0 aliphatic heterocycles. The van der Waals surface area contributed by atoms with Gasteiger partial charge in [0, 0.05) is 19.3 Å². The van der Waals surface area contributed by atoms with Crippen LogP contribution in [0.5, 0.6) is 0 Å². The van der Waals surface area contributed by atoms with Crippen molar-refractivity contribution in [3.8, 4) is 0 Å². The normalized spacial score (nSPS) is 18.5. The molecule has 1 aliphatic carbocycles. The highest BCUT2D eigenvalue weighted by Gasteiger charge is 2.32. The maximum absolute atomic E-state index is 10.3. The molecule has 5 heteroatoms. The van der Waals surface area contributed by atoms with Crippen molar-refractivity contribution in [2.75, 3.05) is 13.6 Å². The summed E-state index contributed by atoms with van der Waals surface area (Å²) in [6.07, 6.45) is 5.60. The van der Waals surface area contributed by atoms with Gasteiger partial charge in [-0.2, -0.15) is 0 Å². The van der Waals surface area contributed by atoms with Crippen LogP contribution in [0.1, 0.15) is 31.4 Å². The van der Waals surface area contributed by atoms with E-state index < -0.39 is 5.60 Å². The molecule has 1 fully saturated rings. The molecule has 1 aromatic heterocycles. The zero-order valence-corrected chi connectivity index (χ0v) is 12.0. The van der Waals surface area contributed by atoms with Crippen LogP contribution in [-0.4, -0.2) is 34.2 Å². The first-order chi connectivity index (χ1) is 8.48. The molecule has 0 aromatic carbocycles. The Labute approximate surface area is 118 Å². The van der Waals surface area contributed by atoms with E-state index in [2.05, 4.69) is 9.88 Å². The van der Waals surface area contributed by atoms with Crippen LogP contribution in [0.4, 0.5) is 0 Å². The number of aromatic nitrogens is 1. The molecule has 100 valence electrons. The second kappa shape index (κ2) is 5.74. The molecule has 3 nitrogen and oxygen atoms in total. The Balaban J connectivity index is 1.96. The summed E-state index contributed by atoms with van der Waals surface area (Å²) in [5, 5.41) is 11.5. The predicted molar refractivity (Wildman–Crippen MR) is 74.0 cm³/mol. The van der Waals surface area contributed by atoms with Gasteiger partial charge >= 0.3 is 0 Å². The van der Waals surface area contributed by atoms with E-state index in [1.165, 1.54) is 0 Å². The highest BCUT2D eigenvalue weighted by Crippen LogP contribution is 2.30. The van der Waals surface area contributed by atoms with Crippen LogP contribution in [0, 0.1) is 0 Å². The summed E-state index contributed by atoms with van der Waals surface area (Å²) in [5.41, 5.74) is 0.262. The second-order valence-electron chi connectivity index (χ2n) is 5.19. The molecule has 1 aliphatic rings. The Kier molecular flexibility index (Phi) is 4.49. The standard InChI is InChI=1S/C13H18Cl2N2O/c1-17(9-13(18)4-2-3-5-13)8-12-11(15)6-10(14)7-16-12/h6-7,18H,2-5,8-9H2,1H3. The van der Waals surface area contributed by atoms with Crippen molar-refractivity contribution in [3.63, 3.8) is 0 Å². The van der Waals surface area contributed by atoms with Crippen LogP contribution < -0.4 is 0 Å². The molecule has 0 saturated heterocycles. The van der Waals surface area contributed by atoms with Gasteiger partial charge in [0.05, 0.1) is 21.3 Å². The fourth-order valence-corrected chi connectivity index (χ4v) is 3.00. The molecule has 0 amide bonds. The second-order valence-corrected chi connectivity index (χ2v) is 6.03. The van der Waals surface area contributed by atoms with Gasteiger partial charge in [0.1, 0.15) is 0 Å². The van der Waals surface area contributed by atoms with E-state index in [9.17, 15) is 5.11 Å². The Hall–Kier alpha value is -0.350. The van der Waals surface area contributed by atoms with Crippen LogP contribution in [0.2, 0.25) is 10.0 Å². The topological polar surface area (TPSA) is 36.4 Å². The lowest BCUT2D eigenvalue weighted by molar-refractivity contribution is 0.0143. The van der Waals surface area contributed by atoms with Crippen LogP contribution in [0.3, 0.4) is 0 Å². The maximum Gasteiger partial charge on any atom is 0.0774 e. The molecule has 18 heavy (non-hydrogen) atoms. The average molecular weight is 289 g/mol. The third-order valence-electron chi connectivity index (χ3n) is 3.40. The number of hydrogen-bond acceptors (Lipinski definition) is 3. The monoisotopic (exact) mass is 288 g/mol. The highest BCUT2D eigenvalue weighted by molar-refractivity contribution is 6.34. The number of likely N-dealkylation sites (N-methyl/N-ethyl adjacent to an activating group) is 1. The molecule has 1 N–H and O–H groups in total. The van der Waals surface area contributed by atoms with Gasteiger partial charge in [0.15, 0.2) is 0 Å². The SMILES string of the molecule is CN(Cc1ncc(Cl)cc1Cl)CC1(O)CCCC1. The molecule has 1 heterocycles. The molecule has 0 bridgehead atoms. The third-order valence-corrected chi connectivity index (χ3v) is 3.94. The van der Waals surface area contributed by atoms with Crippen LogP contribution in [-0.2, 0) is 6.54 Å². The number of nitrogens with zero attached hydrogens (tertiary/aromatic N) is 2. The molecular weight excluding hydrogens is 271 g/mol. The summed E-state index contributed by atoms with van der Waals surface area (Å²) in [5.74, 6) is 0. The van der Waals surface area contributed by atoms with Gasteiger partial charge in [-0.3, -0.25) is 9.88 Å². The minimum absolute atomic E-state index is 0.534. The first kappa shape index (κ1) is 14.1. The quantitative estimate of drug-likeness (QED) is 0.925. The van der Waals surface area contributed by atoms with E-state index in [4.69, 9.17) is 23.2 Å².